The van der Waals surface area contributed by atoms with E-state index in [9.17, 15) is 65.0 Å². The van der Waals surface area contributed by atoms with Crippen molar-refractivity contribution in [2.45, 2.75) is 163 Å². The fourth-order valence-electron chi connectivity index (χ4n) is 7.80. The van der Waals surface area contributed by atoms with Crippen LogP contribution in [0.2, 0.25) is 0 Å². The number of esters is 1. The normalized spacial score (nSPS) is 42.7. The van der Waals surface area contributed by atoms with Crippen LogP contribution in [0.3, 0.4) is 0 Å². The zero-order valence-electron chi connectivity index (χ0n) is 37.7. The first-order chi connectivity index (χ1) is 31.3. The van der Waals surface area contributed by atoms with Crippen molar-refractivity contribution in [3.05, 3.63) is 85.1 Å². The van der Waals surface area contributed by atoms with Gasteiger partial charge in [-0.25, -0.2) is 4.39 Å². The predicted molar refractivity (Wildman–Crippen MR) is 239 cm³/mol. The van der Waals surface area contributed by atoms with Crippen LogP contribution < -0.4 is 11.1 Å². The first-order valence-electron chi connectivity index (χ1n) is 22.6. The number of fused-ring (bicyclic) bond motifs is 2. The number of ether oxygens (including phenoxy) is 4. The highest BCUT2D eigenvalue weighted by atomic mass is 19.1. The Kier molecular flexibility index (Phi) is 25.3. The summed E-state index contributed by atoms with van der Waals surface area (Å²) < 4.78 is 36.2. The van der Waals surface area contributed by atoms with Gasteiger partial charge in [-0.3, -0.25) is 9.59 Å². The van der Waals surface area contributed by atoms with E-state index in [1.807, 2.05) is 13.0 Å². The first kappa shape index (κ1) is 56.8. The van der Waals surface area contributed by atoms with E-state index in [2.05, 4.69) is 5.32 Å². The molecule has 3 heterocycles. The van der Waals surface area contributed by atoms with Crippen molar-refractivity contribution in [3.63, 3.8) is 0 Å². The van der Waals surface area contributed by atoms with Crippen LogP contribution in [0.5, 0.6) is 0 Å². The Hall–Kier alpha value is -3.51. The van der Waals surface area contributed by atoms with Crippen LogP contribution in [0.1, 0.15) is 71.6 Å². The molecule has 0 saturated carbocycles. The van der Waals surface area contributed by atoms with Gasteiger partial charge in [0.25, 0.3) is 0 Å². The topological polar surface area (TPSA) is 311 Å². The van der Waals surface area contributed by atoms with Gasteiger partial charge < -0.3 is 81.1 Å². The van der Waals surface area contributed by atoms with Crippen LogP contribution in [0.25, 0.3) is 0 Å². The summed E-state index contributed by atoms with van der Waals surface area (Å²) in [6.07, 6.45) is 4.86. The summed E-state index contributed by atoms with van der Waals surface area (Å²) in [7, 11) is 0. The molecule has 66 heavy (non-hydrogen) atoms. The van der Waals surface area contributed by atoms with E-state index in [4.69, 9.17) is 24.7 Å². The van der Waals surface area contributed by atoms with Gasteiger partial charge in [0.1, 0.15) is 18.9 Å². The Bertz CT molecular complexity index is 1660. The molecule has 0 aromatic carbocycles. The lowest BCUT2D eigenvalue weighted by atomic mass is 9.82. The molecule has 0 aromatic rings. The van der Waals surface area contributed by atoms with Gasteiger partial charge in [-0.1, -0.05) is 92.0 Å². The molecule has 3 rings (SSSR count). The van der Waals surface area contributed by atoms with Crippen molar-refractivity contribution in [1.29, 1.82) is 0 Å². The number of carbonyl (C=O) groups excluding carboxylic acids is 2. The van der Waals surface area contributed by atoms with Crippen molar-refractivity contribution >= 4 is 11.9 Å². The van der Waals surface area contributed by atoms with Gasteiger partial charge in [0.05, 0.1) is 86.0 Å². The molecular weight excluding hydrogens is 868 g/mol. The summed E-state index contributed by atoms with van der Waals surface area (Å²) in [5, 5.41) is 110. The number of hydrogen-bond donors (Lipinski definition) is 12. The highest BCUT2D eigenvalue weighted by Crippen LogP contribution is 2.38. The number of alkyl halides is 1. The van der Waals surface area contributed by atoms with Gasteiger partial charge in [0.2, 0.25) is 5.91 Å². The largest absolute Gasteiger partial charge is 0.462 e. The molecule has 2 bridgehead atoms. The van der Waals surface area contributed by atoms with Gasteiger partial charge in [0.15, 0.2) is 12.1 Å². The summed E-state index contributed by atoms with van der Waals surface area (Å²) >= 11 is 0. The predicted octanol–water partition coefficient (Wildman–Crippen LogP) is 0.0783. The zero-order valence-corrected chi connectivity index (χ0v) is 37.7. The molecule has 1 amide bonds. The number of halogens is 1. The quantitative estimate of drug-likeness (QED) is 0.163. The molecule has 3 aliphatic heterocycles. The number of aliphatic hydroxyl groups is 10. The lowest BCUT2D eigenvalue weighted by Crippen LogP contribution is -2.59. The van der Waals surface area contributed by atoms with E-state index in [-0.39, 0.29) is 51.2 Å². The molecule has 2 fully saturated rings. The number of aliphatic hydroxyl groups excluding tert-OH is 9. The Morgan fingerprint density at radius 1 is 0.742 bits per heavy atom. The van der Waals surface area contributed by atoms with E-state index < -0.39 is 142 Å². The Morgan fingerprint density at radius 2 is 1.35 bits per heavy atom. The molecule has 2 saturated heterocycles. The molecular formula is C47H73FN2O16. The summed E-state index contributed by atoms with van der Waals surface area (Å²) in [5.74, 6) is -5.50. The van der Waals surface area contributed by atoms with E-state index in [1.165, 1.54) is 6.08 Å². The van der Waals surface area contributed by atoms with Gasteiger partial charge in [-0.05, 0) is 26.2 Å². The molecule has 13 N–H and O–H groups in total. The highest BCUT2D eigenvalue weighted by Gasteiger charge is 2.50. The van der Waals surface area contributed by atoms with Crippen molar-refractivity contribution in [2.24, 2.45) is 17.6 Å². The van der Waals surface area contributed by atoms with Crippen molar-refractivity contribution < 1.29 is 84.0 Å². The number of carbonyl (C=O) groups is 2. The molecule has 0 aromatic heterocycles. The minimum absolute atomic E-state index is 0.108. The third-order valence-corrected chi connectivity index (χ3v) is 11.5. The summed E-state index contributed by atoms with van der Waals surface area (Å²) in [5.41, 5.74) is 5.96. The zero-order chi connectivity index (χ0) is 48.8. The monoisotopic (exact) mass is 940 g/mol. The molecule has 7 unspecified atom stereocenters. The number of amides is 1. The molecule has 0 spiro atoms. The van der Waals surface area contributed by atoms with Gasteiger partial charge >= 0.3 is 5.97 Å². The standard InChI is InChI=1S/C47H73FN2O16/c1-29-15-13-11-9-7-5-3-4-6-8-10-12-14-16-34(65-46-44(60)43(49)39(58)28-63-46)25-40-42(45(61)50-20-19-48)38(57)27-47(62,66-40)26-33(53)23-37(56)35(54)18-17-31(51)22-32(52)24-41(59)64-30(2)21-36(29)55/h3-16,29-40,42-44,46,51-58,60,62H,17-28,49H2,1-2H3,(H,50,61)/b4-3+,7-5+,8-6+,11-9+,12-10+,15-13+,16-14+/t29-,30-,31?,32+,33?,34?,35?,36-,37?,38-,39+,40-,42?,43-,44+,46-,47?/m0/s1. The van der Waals surface area contributed by atoms with Gasteiger partial charge in [-0.15, -0.1) is 0 Å². The number of hydrogen-bond acceptors (Lipinski definition) is 17. The maximum atomic E-state index is 13.3. The molecule has 18 nitrogen and oxygen atoms in total. The Labute approximate surface area is 385 Å². The van der Waals surface area contributed by atoms with Crippen LogP contribution in [0.15, 0.2) is 85.1 Å². The molecule has 17 atom stereocenters. The van der Waals surface area contributed by atoms with Crippen LogP contribution >= 0.6 is 0 Å². The number of allylic oxidation sites excluding steroid dienone is 12. The first-order valence-corrected chi connectivity index (χ1v) is 22.6. The molecule has 0 radical (unpaired) electrons. The fraction of sp³-hybridized carbons (Fsp3) is 0.660. The van der Waals surface area contributed by atoms with Crippen LogP contribution in [-0.2, 0) is 28.5 Å². The number of rotatable bonds is 5. The lowest BCUT2D eigenvalue weighted by Gasteiger charge is -2.45. The SMILES string of the molecule is C[C@H]1C[C@H](O)[C@@H](C)/C=C/C=C/C=C/C=C/C=C/C=C/C=C/C(O[C@@H]2OC[C@@H](O)[C@H](N)[C@H]2O)C[C@@H]2OC(O)(CC(O)CC(O)C(O)CCC(O)C[C@@H](O)CC(=O)O1)C[C@H](O)C2C(=O)NCCF. The van der Waals surface area contributed by atoms with Crippen LogP contribution in [-0.4, -0.2) is 174 Å². The van der Waals surface area contributed by atoms with Crippen molar-refractivity contribution in [1.82, 2.24) is 5.32 Å². The Morgan fingerprint density at radius 3 is 1.97 bits per heavy atom. The molecule has 3 aliphatic rings. The lowest BCUT2D eigenvalue weighted by molar-refractivity contribution is -0.304. The van der Waals surface area contributed by atoms with Gasteiger partial charge in [0, 0.05) is 44.6 Å². The number of nitrogens with two attached hydrogens (primary N) is 1. The second-order valence-corrected chi connectivity index (χ2v) is 17.3. The second kappa shape index (κ2) is 29.4. The molecule has 19 heteroatoms. The Balaban J connectivity index is 1.88. The van der Waals surface area contributed by atoms with Gasteiger partial charge in [-0.2, -0.15) is 0 Å². The minimum atomic E-state index is -2.31. The third kappa shape index (κ3) is 20.4. The van der Waals surface area contributed by atoms with Crippen LogP contribution in [0, 0.1) is 11.8 Å². The second-order valence-electron chi connectivity index (χ2n) is 17.3. The van der Waals surface area contributed by atoms with E-state index in [0.717, 1.165) is 0 Å². The van der Waals surface area contributed by atoms with Crippen molar-refractivity contribution in [2.75, 3.05) is 19.8 Å². The van der Waals surface area contributed by atoms with Crippen LogP contribution in [0.4, 0.5) is 4.39 Å². The van der Waals surface area contributed by atoms with E-state index >= 15 is 0 Å². The average molecular weight is 941 g/mol. The number of nitrogens with one attached hydrogen (secondary N) is 1. The fourth-order valence-corrected chi connectivity index (χ4v) is 7.80. The number of cyclic esters (lactones) is 1. The maximum absolute atomic E-state index is 13.3. The molecule has 374 valence electrons. The summed E-state index contributed by atoms with van der Waals surface area (Å²) in [6, 6.07) is -1.13. The smallest absolute Gasteiger partial charge is 0.308 e. The maximum Gasteiger partial charge on any atom is 0.308 e. The highest BCUT2D eigenvalue weighted by molar-refractivity contribution is 5.80. The minimum Gasteiger partial charge on any atom is -0.462 e. The third-order valence-electron chi connectivity index (χ3n) is 11.5. The summed E-state index contributed by atoms with van der Waals surface area (Å²) in [6.45, 7) is 1.88. The van der Waals surface area contributed by atoms with Crippen molar-refractivity contribution in [3.8, 4) is 0 Å². The van der Waals surface area contributed by atoms with E-state index in [1.54, 1.807) is 79.8 Å². The molecule has 0 aliphatic carbocycles. The summed E-state index contributed by atoms with van der Waals surface area (Å²) in [4.78, 5) is 25.8. The van der Waals surface area contributed by atoms with E-state index in [0.29, 0.717) is 0 Å². The average Bonchev–Trinajstić information content (AvgIpc) is 3.23.